The summed E-state index contributed by atoms with van der Waals surface area (Å²) in [5.74, 6) is -1.25. The number of hydrogen-bond donors (Lipinski definition) is 1. The zero-order chi connectivity index (χ0) is 19.0. The normalized spacial score (nSPS) is 10.6. The van der Waals surface area contributed by atoms with Crippen LogP contribution in [0.25, 0.3) is 11.4 Å². The largest absolute Gasteiger partial charge is 0.464 e. The maximum atomic E-state index is 14.7. The van der Waals surface area contributed by atoms with Crippen molar-refractivity contribution in [2.45, 2.75) is 13.8 Å². The monoisotopic (exact) mass is 353 g/mol. The fourth-order valence-electron chi connectivity index (χ4n) is 2.81. The number of aryl methyl sites for hydroxylation is 2. The Labute approximate surface area is 149 Å². The maximum Gasteiger partial charge on any atom is 0.357 e. The second kappa shape index (κ2) is 6.37. The van der Waals surface area contributed by atoms with E-state index in [1.54, 1.807) is 12.1 Å². The molecule has 26 heavy (non-hydrogen) atoms. The lowest BCUT2D eigenvalue weighted by Crippen LogP contribution is -2.11. The number of carbonyl (C=O) groups is 1. The van der Waals surface area contributed by atoms with E-state index in [4.69, 9.17) is 15.7 Å². The average molecular weight is 353 g/mol. The van der Waals surface area contributed by atoms with Crippen LogP contribution in [0.4, 0.5) is 10.1 Å². The van der Waals surface area contributed by atoms with E-state index < -0.39 is 11.8 Å². The second-order valence-corrected chi connectivity index (χ2v) is 5.75. The van der Waals surface area contributed by atoms with Gasteiger partial charge < -0.3 is 15.0 Å². The summed E-state index contributed by atoms with van der Waals surface area (Å²) < 4.78 is 22.3. The Morgan fingerprint density at radius 1 is 1.35 bits per heavy atom. The number of ether oxygens (including phenoxy) is 1. The lowest BCUT2D eigenvalue weighted by Gasteiger charge is -2.11. The van der Waals surface area contributed by atoms with Crippen LogP contribution in [0.3, 0.4) is 0 Å². The molecule has 0 aliphatic heterocycles. The van der Waals surface area contributed by atoms with Gasteiger partial charge in [0.25, 0.3) is 0 Å². The van der Waals surface area contributed by atoms with Gasteiger partial charge in [0.05, 0.1) is 24.1 Å². The molecular formula is C18H16FN5O2. The minimum atomic E-state index is -0.716. The molecule has 0 fully saturated rings. The summed E-state index contributed by atoms with van der Waals surface area (Å²) in [6.07, 6.45) is 1.37. The van der Waals surface area contributed by atoms with Crippen LogP contribution in [0.2, 0.25) is 0 Å². The Balaban J connectivity index is 2.15. The molecule has 0 aliphatic carbocycles. The molecule has 7 nitrogen and oxygen atoms in total. The highest BCUT2D eigenvalue weighted by Gasteiger charge is 2.22. The molecule has 132 valence electrons. The van der Waals surface area contributed by atoms with Crippen molar-refractivity contribution in [1.29, 1.82) is 5.26 Å². The summed E-state index contributed by atoms with van der Waals surface area (Å²) >= 11 is 0. The Morgan fingerprint density at radius 2 is 2.08 bits per heavy atom. The molecule has 0 unspecified atom stereocenters. The number of methoxy groups -OCH3 is 1. The first-order valence-corrected chi connectivity index (χ1v) is 7.70. The first-order valence-electron chi connectivity index (χ1n) is 7.70. The van der Waals surface area contributed by atoms with Gasteiger partial charge >= 0.3 is 5.97 Å². The molecule has 0 radical (unpaired) electrons. The van der Waals surface area contributed by atoms with Gasteiger partial charge in [0, 0.05) is 23.6 Å². The number of benzene rings is 1. The van der Waals surface area contributed by atoms with Crippen LogP contribution in [0, 0.1) is 31.0 Å². The Morgan fingerprint density at radius 3 is 2.62 bits per heavy atom. The number of nitrogens with zero attached hydrogens (tertiary/aromatic N) is 4. The molecule has 0 aliphatic rings. The zero-order valence-electron chi connectivity index (χ0n) is 14.4. The maximum absolute atomic E-state index is 14.7. The van der Waals surface area contributed by atoms with Crippen molar-refractivity contribution in [2.24, 2.45) is 0 Å². The van der Waals surface area contributed by atoms with Crippen molar-refractivity contribution in [3.8, 4) is 17.4 Å². The molecule has 0 atom stereocenters. The summed E-state index contributed by atoms with van der Waals surface area (Å²) in [5.41, 5.74) is 8.10. The number of hydrogen-bond acceptors (Lipinski definition) is 5. The Bertz CT molecular complexity index is 1060. The van der Waals surface area contributed by atoms with Gasteiger partial charge in [-0.2, -0.15) is 10.4 Å². The number of aromatic nitrogens is 3. The highest BCUT2D eigenvalue weighted by Crippen LogP contribution is 2.26. The number of halogens is 1. The molecule has 0 bridgehead atoms. The SMILES string of the molecule is COC(=O)c1c(N)c(C#N)cn1-c1ccc(-n2nc(C)cc2C)c(F)c1. The van der Waals surface area contributed by atoms with Gasteiger partial charge in [-0.05, 0) is 32.0 Å². The van der Waals surface area contributed by atoms with Crippen molar-refractivity contribution in [3.05, 3.63) is 58.9 Å². The van der Waals surface area contributed by atoms with E-state index >= 15 is 0 Å². The lowest BCUT2D eigenvalue weighted by atomic mass is 10.2. The van der Waals surface area contributed by atoms with E-state index in [0.717, 1.165) is 11.4 Å². The number of rotatable bonds is 3. The predicted molar refractivity (Wildman–Crippen MR) is 92.8 cm³/mol. The molecule has 0 saturated carbocycles. The van der Waals surface area contributed by atoms with E-state index in [0.29, 0.717) is 5.69 Å². The third kappa shape index (κ3) is 2.69. The zero-order valence-corrected chi connectivity index (χ0v) is 14.4. The number of nitrogen functional groups attached to an aromatic ring is 1. The standard InChI is InChI=1S/C18H16FN5O2/c1-10-6-11(2)24(22-10)15-5-4-13(7-14(15)19)23-9-12(8-20)16(21)17(23)18(25)26-3/h4-7,9H,21H2,1-3H3. The van der Waals surface area contributed by atoms with Gasteiger partial charge in [-0.3, -0.25) is 0 Å². The summed E-state index contributed by atoms with van der Waals surface area (Å²) in [7, 11) is 1.21. The van der Waals surface area contributed by atoms with Crippen LogP contribution in [-0.2, 0) is 4.74 Å². The third-order valence-corrected chi connectivity index (χ3v) is 3.99. The van der Waals surface area contributed by atoms with Crippen molar-refractivity contribution >= 4 is 11.7 Å². The molecular weight excluding hydrogens is 337 g/mol. The summed E-state index contributed by atoms with van der Waals surface area (Å²) in [4.78, 5) is 12.0. The molecule has 0 saturated heterocycles. The molecule has 2 aromatic heterocycles. The van der Waals surface area contributed by atoms with E-state index in [2.05, 4.69) is 5.10 Å². The summed E-state index contributed by atoms with van der Waals surface area (Å²) in [6.45, 7) is 3.65. The fourth-order valence-corrected chi connectivity index (χ4v) is 2.81. The van der Waals surface area contributed by atoms with Gasteiger partial charge in [-0.25, -0.2) is 13.9 Å². The Hall–Kier alpha value is -3.60. The smallest absolute Gasteiger partial charge is 0.357 e. The fraction of sp³-hybridized carbons (Fsp3) is 0.167. The van der Waals surface area contributed by atoms with Crippen molar-refractivity contribution in [2.75, 3.05) is 12.8 Å². The van der Waals surface area contributed by atoms with E-state index in [1.807, 2.05) is 26.0 Å². The minimum absolute atomic E-state index is 0.0117. The first kappa shape index (κ1) is 17.2. The average Bonchev–Trinajstić information content (AvgIpc) is 3.12. The highest BCUT2D eigenvalue weighted by molar-refractivity contribution is 5.95. The van der Waals surface area contributed by atoms with Crippen molar-refractivity contribution in [1.82, 2.24) is 14.3 Å². The quantitative estimate of drug-likeness (QED) is 0.730. The Kier molecular flexibility index (Phi) is 4.22. The van der Waals surface area contributed by atoms with Gasteiger partial charge in [0.2, 0.25) is 0 Å². The molecule has 0 amide bonds. The van der Waals surface area contributed by atoms with Gasteiger partial charge in [-0.1, -0.05) is 0 Å². The van der Waals surface area contributed by atoms with Crippen molar-refractivity contribution in [3.63, 3.8) is 0 Å². The van der Waals surface area contributed by atoms with Gasteiger partial charge in [-0.15, -0.1) is 0 Å². The van der Waals surface area contributed by atoms with Gasteiger partial charge in [0.1, 0.15) is 11.8 Å². The number of nitriles is 1. The summed E-state index contributed by atoms with van der Waals surface area (Å²) in [6, 6.07) is 8.16. The van der Waals surface area contributed by atoms with Crippen LogP contribution < -0.4 is 5.73 Å². The highest BCUT2D eigenvalue weighted by atomic mass is 19.1. The molecule has 2 heterocycles. The van der Waals surface area contributed by atoms with Crippen LogP contribution >= 0.6 is 0 Å². The van der Waals surface area contributed by atoms with E-state index in [-0.39, 0.29) is 22.6 Å². The third-order valence-electron chi connectivity index (χ3n) is 3.99. The predicted octanol–water partition coefficient (Wildman–Crippen LogP) is 2.66. The van der Waals surface area contributed by atoms with Crippen molar-refractivity contribution < 1.29 is 13.9 Å². The topological polar surface area (TPSA) is 98.9 Å². The number of carbonyl (C=O) groups excluding carboxylic acids is 1. The lowest BCUT2D eigenvalue weighted by molar-refractivity contribution is 0.0593. The van der Waals surface area contributed by atoms with Crippen LogP contribution in [-0.4, -0.2) is 27.4 Å². The van der Waals surface area contributed by atoms with Crippen LogP contribution in [0.15, 0.2) is 30.5 Å². The molecule has 1 aromatic carbocycles. The van der Waals surface area contributed by atoms with Crippen LogP contribution in [0.1, 0.15) is 27.4 Å². The van der Waals surface area contributed by atoms with E-state index in [9.17, 15) is 9.18 Å². The first-order chi connectivity index (χ1) is 12.4. The van der Waals surface area contributed by atoms with E-state index in [1.165, 1.54) is 28.6 Å². The molecule has 3 rings (SSSR count). The van der Waals surface area contributed by atoms with Gasteiger partial charge in [0.15, 0.2) is 11.5 Å². The number of anilines is 1. The molecule has 3 aromatic rings. The summed E-state index contributed by atoms with van der Waals surface area (Å²) in [5, 5.41) is 13.4. The second-order valence-electron chi connectivity index (χ2n) is 5.75. The number of nitrogens with two attached hydrogens (primary N) is 1. The number of esters is 1. The molecule has 0 spiro atoms. The molecule has 8 heteroatoms. The minimum Gasteiger partial charge on any atom is -0.464 e. The van der Waals surface area contributed by atoms with Crippen LogP contribution in [0.5, 0.6) is 0 Å². The molecule has 2 N–H and O–H groups in total.